The summed E-state index contributed by atoms with van der Waals surface area (Å²) < 4.78 is 0. The molecule has 0 amide bonds. The average Bonchev–Trinajstić information content (AvgIpc) is 2.87. The number of rotatable bonds is 4. The number of hydrogen-bond acceptors (Lipinski definition) is 2. The molecule has 2 heterocycles. The number of nitrogens with one attached hydrogen (secondary N) is 1. The minimum atomic E-state index is 0.510. The monoisotopic (exact) mass is 338 g/mol. The summed E-state index contributed by atoms with van der Waals surface area (Å²) in [4.78, 5) is 2.47. The van der Waals surface area contributed by atoms with Crippen LogP contribution in [0.25, 0.3) is 0 Å². The van der Waals surface area contributed by atoms with E-state index in [4.69, 9.17) is 0 Å². The zero-order valence-corrected chi connectivity index (χ0v) is 16.4. The summed E-state index contributed by atoms with van der Waals surface area (Å²) in [5.74, 6) is 0.510. The van der Waals surface area contributed by atoms with Crippen LogP contribution in [0, 0.1) is 12.8 Å². The van der Waals surface area contributed by atoms with E-state index in [0.717, 1.165) is 38.9 Å². The molecule has 1 aromatic carbocycles. The molecular formula is C23H34N2. The summed E-state index contributed by atoms with van der Waals surface area (Å²) in [6, 6.07) is 8.89. The highest BCUT2D eigenvalue weighted by molar-refractivity contribution is 5.36. The Balaban J connectivity index is 0.000000399. The predicted octanol–water partition coefficient (Wildman–Crippen LogP) is 5.22. The van der Waals surface area contributed by atoms with E-state index in [0.29, 0.717) is 5.92 Å². The van der Waals surface area contributed by atoms with Crippen LogP contribution in [0.5, 0.6) is 0 Å². The topological polar surface area (TPSA) is 15.3 Å². The van der Waals surface area contributed by atoms with E-state index in [1.165, 1.54) is 22.5 Å². The van der Waals surface area contributed by atoms with Crippen LogP contribution in [0.15, 0.2) is 60.0 Å². The SMILES string of the molecule is C/C=C\CC.C=C1C(C)C2=C(CCNC2)N1CCc1ccc(C)cc1. The van der Waals surface area contributed by atoms with Crippen molar-refractivity contribution in [3.63, 3.8) is 0 Å². The van der Waals surface area contributed by atoms with Gasteiger partial charge in [-0.25, -0.2) is 0 Å². The lowest BCUT2D eigenvalue weighted by Gasteiger charge is -2.26. The molecule has 1 unspecified atom stereocenters. The van der Waals surface area contributed by atoms with Crippen LogP contribution in [0.2, 0.25) is 0 Å². The van der Waals surface area contributed by atoms with Gasteiger partial charge >= 0.3 is 0 Å². The lowest BCUT2D eigenvalue weighted by Crippen LogP contribution is -2.28. The third-order valence-corrected chi connectivity index (χ3v) is 5.14. The zero-order valence-electron chi connectivity index (χ0n) is 16.4. The van der Waals surface area contributed by atoms with E-state index in [9.17, 15) is 0 Å². The second kappa shape index (κ2) is 9.62. The fourth-order valence-electron chi connectivity index (χ4n) is 3.52. The molecule has 2 aliphatic rings. The molecule has 3 rings (SSSR count). The highest BCUT2D eigenvalue weighted by atomic mass is 15.2. The third-order valence-electron chi connectivity index (χ3n) is 5.14. The second-order valence-corrected chi connectivity index (χ2v) is 6.98. The van der Waals surface area contributed by atoms with Gasteiger partial charge in [-0.15, -0.1) is 0 Å². The van der Waals surface area contributed by atoms with Crippen molar-refractivity contribution in [3.05, 3.63) is 71.1 Å². The largest absolute Gasteiger partial charge is 0.348 e. The van der Waals surface area contributed by atoms with Crippen LogP contribution >= 0.6 is 0 Å². The van der Waals surface area contributed by atoms with Gasteiger partial charge in [-0.2, -0.15) is 0 Å². The Bertz CT molecular complexity index is 622. The van der Waals surface area contributed by atoms with Gasteiger partial charge in [0.05, 0.1) is 0 Å². The molecule has 0 fully saturated rings. The standard InChI is InChI=1S/C18H24N2.C5H10/c1-13-4-6-16(7-5-13)9-11-20-15(3)14(2)17-12-19-10-8-18(17)20;1-3-5-4-2/h4-7,14,19H,3,8-12H2,1-2H3;3,5H,4H2,1-2H3/b;5-3-. The quantitative estimate of drug-likeness (QED) is 0.757. The number of nitrogens with zero attached hydrogens (tertiary/aromatic N) is 1. The zero-order chi connectivity index (χ0) is 18.2. The Kier molecular flexibility index (Phi) is 7.52. The Morgan fingerprint density at radius 3 is 2.60 bits per heavy atom. The highest BCUT2D eigenvalue weighted by Crippen LogP contribution is 2.38. The smallest absolute Gasteiger partial charge is 0.0265 e. The number of benzene rings is 1. The molecule has 0 saturated carbocycles. The van der Waals surface area contributed by atoms with Gasteiger partial charge in [0, 0.05) is 43.4 Å². The van der Waals surface area contributed by atoms with Gasteiger partial charge in [-0.3, -0.25) is 0 Å². The van der Waals surface area contributed by atoms with Gasteiger partial charge in [0.25, 0.3) is 0 Å². The van der Waals surface area contributed by atoms with Crippen LogP contribution in [-0.4, -0.2) is 24.5 Å². The molecule has 0 aromatic heterocycles. The van der Waals surface area contributed by atoms with E-state index in [1.54, 1.807) is 5.57 Å². The highest BCUT2D eigenvalue weighted by Gasteiger charge is 2.32. The lowest BCUT2D eigenvalue weighted by atomic mass is 9.98. The Hall–Kier alpha value is -1.80. The number of aryl methyl sites for hydroxylation is 1. The van der Waals surface area contributed by atoms with Crippen LogP contribution in [-0.2, 0) is 6.42 Å². The van der Waals surface area contributed by atoms with Crippen molar-refractivity contribution < 1.29 is 0 Å². The number of allylic oxidation sites excluding steroid dienone is 3. The van der Waals surface area contributed by atoms with Crippen LogP contribution < -0.4 is 5.32 Å². The molecule has 0 saturated heterocycles. The first-order valence-corrected chi connectivity index (χ1v) is 9.64. The van der Waals surface area contributed by atoms with Crippen molar-refractivity contribution in [2.24, 2.45) is 5.92 Å². The molecule has 25 heavy (non-hydrogen) atoms. The maximum absolute atomic E-state index is 4.32. The van der Waals surface area contributed by atoms with Gasteiger partial charge < -0.3 is 10.2 Å². The Morgan fingerprint density at radius 2 is 2.00 bits per heavy atom. The maximum atomic E-state index is 4.32. The average molecular weight is 339 g/mol. The molecule has 0 aliphatic carbocycles. The molecule has 2 heteroatoms. The molecule has 0 radical (unpaired) electrons. The minimum absolute atomic E-state index is 0.510. The Labute approximate surface area is 154 Å². The van der Waals surface area contributed by atoms with Gasteiger partial charge in [-0.1, -0.05) is 62.4 Å². The van der Waals surface area contributed by atoms with Crippen molar-refractivity contribution in [1.82, 2.24) is 10.2 Å². The van der Waals surface area contributed by atoms with Gasteiger partial charge in [0.15, 0.2) is 0 Å². The molecule has 0 spiro atoms. The summed E-state index contributed by atoms with van der Waals surface area (Å²) >= 11 is 0. The summed E-state index contributed by atoms with van der Waals surface area (Å²) in [6.07, 6.45) is 7.58. The lowest BCUT2D eigenvalue weighted by molar-refractivity contribution is 0.414. The van der Waals surface area contributed by atoms with Crippen molar-refractivity contribution in [2.75, 3.05) is 19.6 Å². The van der Waals surface area contributed by atoms with Crippen LogP contribution in [0.3, 0.4) is 0 Å². The number of hydrogen-bond donors (Lipinski definition) is 1. The first kappa shape index (κ1) is 19.5. The van der Waals surface area contributed by atoms with Crippen molar-refractivity contribution in [2.45, 2.75) is 47.0 Å². The molecule has 0 bridgehead atoms. The van der Waals surface area contributed by atoms with E-state index >= 15 is 0 Å². The fourth-order valence-corrected chi connectivity index (χ4v) is 3.52. The van der Waals surface area contributed by atoms with Gasteiger partial charge in [-0.05, 0) is 37.8 Å². The third kappa shape index (κ3) is 5.09. The van der Waals surface area contributed by atoms with E-state index < -0.39 is 0 Å². The first-order chi connectivity index (χ1) is 12.1. The van der Waals surface area contributed by atoms with E-state index in [-0.39, 0.29) is 0 Å². The second-order valence-electron chi connectivity index (χ2n) is 6.98. The summed E-state index contributed by atoms with van der Waals surface area (Å²) in [5.41, 5.74) is 7.12. The summed E-state index contributed by atoms with van der Waals surface area (Å²) in [5, 5.41) is 3.48. The fraction of sp³-hybridized carbons (Fsp3) is 0.478. The van der Waals surface area contributed by atoms with Gasteiger partial charge in [0.1, 0.15) is 0 Å². The van der Waals surface area contributed by atoms with E-state index in [1.807, 2.05) is 6.92 Å². The Morgan fingerprint density at radius 1 is 1.28 bits per heavy atom. The predicted molar refractivity (Wildman–Crippen MR) is 110 cm³/mol. The van der Waals surface area contributed by atoms with Gasteiger partial charge in [0.2, 0.25) is 0 Å². The minimum Gasteiger partial charge on any atom is -0.348 e. The molecule has 2 nitrogen and oxygen atoms in total. The van der Waals surface area contributed by atoms with E-state index in [2.05, 4.69) is 74.0 Å². The summed E-state index contributed by atoms with van der Waals surface area (Å²) in [7, 11) is 0. The molecule has 2 aliphatic heterocycles. The normalized spacial score (nSPS) is 19.9. The molecular weight excluding hydrogens is 304 g/mol. The molecule has 136 valence electrons. The summed E-state index contributed by atoms with van der Waals surface area (Å²) in [6.45, 7) is 16.1. The van der Waals surface area contributed by atoms with Crippen molar-refractivity contribution >= 4 is 0 Å². The van der Waals surface area contributed by atoms with Crippen molar-refractivity contribution in [1.29, 1.82) is 0 Å². The van der Waals surface area contributed by atoms with Crippen LogP contribution in [0.4, 0.5) is 0 Å². The maximum Gasteiger partial charge on any atom is 0.0265 e. The molecule has 1 atom stereocenters. The molecule has 1 N–H and O–H groups in total. The van der Waals surface area contributed by atoms with Crippen LogP contribution in [0.1, 0.15) is 44.7 Å². The molecule has 1 aromatic rings. The first-order valence-electron chi connectivity index (χ1n) is 9.64. The van der Waals surface area contributed by atoms with Crippen molar-refractivity contribution in [3.8, 4) is 0 Å².